The molecule has 0 fully saturated rings. The zero-order valence-electron chi connectivity index (χ0n) is 8.39. The molecule has 0 aromatic heterocycles. The highest BCUT2D eigenvalue weighted by Gasteiger charge is 2.33. The Morgan fingerprint density at radius 3 is 1.80 bits per heavy atom. The number of rotatable bonds is 7. The van der Waals surface area contributed by atoms with Gasteiger partial charge in [0.15, 0.2) is 0 Å². The van der Waals surface area contributed by atoms with Gasteiger partial charge in [-0.05, 0) is 6.92 Å². The Labute approximate surface area is 87.2 Å². The molecule has 0 aromatic rings. The first-order chi connectivity index (χ1) is 6.95. The highest BCUT2D eigenvalue weighted by atomic mass is 16.6. The first-order valence-electron chi connectivity index (χ1n) is 4.51. The summed E-state index contributed by atoms with van der Waals surface area (Å²) >= 11 is 0. The lowest BCUT2D eigenvalue weighted by Crippen LogP contribution is -2.50. The van der Waals surface area contributed by atoms with Gasteiger partial charge in [-0.1, -0.05) is 0 Å². The van der Waals surface area contributed by atoms with Crippen molar-refractivity contribution in [3.05, 3.63) is 0 Å². The highest BCUT2D eigenvalue weighted by Crippen LogP contribution is 2.10. The quantitative estimate of drug-likeness (QED) is 0.252. The summed E-state index contributed by atoms with van der Waals surface area (Å²) in [6.45, 7) is -0.132. The van der Waals surface area contributed by atoms with Crippen molar-refractivity contribution in [3.8, 4) is 0 Å². The summed E-state index contributed by atoms with van der Waals surface area (Å²) in [5, 5.41) is 54.1. The molecule has 0 rings (SSSR count). The number of aliphatic hydroxyl groups is 6. The van der Waals surface area contributed by atoms with E-state index in [0.717, 1.165) is 0 Å². The van der Waals surface area contributed by atoms with Crippen LogP contribution < -0.4 is 0 Å². The molecule has 7 nitrogen and oxygen atoms in total. The zero-order chi connectivity index (χ0) is 12.0. The van der Waals surface area contributed by atoms with Crippen molar-refractivity contribution in [3.63, 3.8) is 0 Å². The van der Waals surface area contributed by atoms with E-state index in [1.165, 1.54) is 6.92 Å². The van der Waals surface area contributed by atoms with Gasteiger partial charge in [0.25, 0.3) is 0 Å². The molecular formula is C8H18O7. The Morgan fingerprint density at radius 2 is 1.47 bits per heavy atom. The van der Waals surface area contributed by atoms with Gasteiger partial charge in [0.1, 0.15) is 31.2 Å². The summed E-state index contributed by atoms with van der Waals surface area (Å²) in [6.07, 6.45) is -7.29. The van der Waals surface area contributed by atoms with Crippen molar-refractivity contribution in [1.29, 1.82) is 0 Å². The van der Waals surface area contributed by atoms with Gasteiger partial charge in [-0.25, -0.2) is 0 Å². The van der Waals surface area contributed by atoms with Gasteiger partial charge in [0.2, 0.25) is 0 Å². The van der Waals surface area contributed by atoms with Gasteiger partial charge in [0, 0.05) is 0 Å². The molecule has 0 saturated carbocycles. The topological polar surface area (TPSA) is 131 Å². The number of hydrogen-bond donors (Lipinski definition) is 6. The maximum absolute atomic E-state index is 9.41. The van der Waals surface area contributed by atoms with Crippen LogP contribution in [0.25, 0.3) is 0 Å². The van der Waals surface area contributed by atoms with Gasteiger partial charge in [-0.15, -0.1) is 0 Å². The fourth-order valence-corrected chi connectivity index (χ4v) is 1.06. The average molecular weight is 226 g/mol. The van der Waals surface area contributed by atoms with E-state index >= 15 is 0 Å². The minimum Gasteiger partial charge on any atom is -0.394 e. The smallest absolute Gasteiger partial charge is 0.144 e. The molecule has 0 radical (unpaired) electrons. The second-order valence-corrected chi connectivity index (χ2v) is 3.23. The third-order valence-electron chi connectivity index (χ3n) is 2.04. The van der Waals surface area contributed by atoms with E-state index in [1.807, 2.05) is 0 Å². The molecule has 5 unspecified atom stereocenters. The molecular weight excluding hydrogens is 208 g/mol. The Morgan fingerprint density at radius 1 is 0.933 bits per heavy atom. The van der Waals surface area contributed by atoms with Crippen molar-refractivity contribution in [2.45, 2.75) is 37.4 Å². The molecule has 0 aliphatic carbocycles. The van der Waals surface area contributed by atoms with E-state index in [0.29, 0.717) is 0 Å². The minimum atomic E-state index is -1.67. The molecule has 7 heteroatoms. The molecule has 0 aliphatic rings. The molecule has 0 saturated heterocycles. The fourth-order valence-electron chi connectivity index (χ4n) is 1.06. The Hall–Kier alpha value is -0.280. The molecule has 15 heavy (non-hydrogen) atoms. The predicted octanol–water partition coefficient (Wildman–Crippen LogP) is -3.22. The molecule has 5 atom stereocenters. The lowest BCUT2D eigenvalue weighted by molar-refractivity contribution is -0.170. The van der Waals surface area contributed by atoms with Crippen LogP contribution in [0.3, 0.4) is 0 Å². The summed E-state index contributed by atoms with van der Waals surface area (Å²) in [5.74, 6) is 0. The van der Waals surface area contributed by atoms with Crippen LogP contribution in [0.5, 0.6) is 0 Å². The molecule has 0 aromatic carbocycles. The van der Waals surface area contributed by atoms with E-state index in [9.17, 15) is 15.3 Å². The molecule has 92 valence electrons. The van der Waals surface area contributed by atoms with Crippen LogP contribution in [0.2, 0.25) is 0 Å². The van der Waals surface area contributed by atoms with E-state index in [4.69, 9.17) is 15.3 Å². The van der Waals surface area contributed by atoms with Crippen molar-refractivity contribution >= 4 is 0 Å². The maximum Gasteiger partial charge on any atom is 0.144 e. The van der Waals surface area contributed by atoms with Crippen LogP contribution >= 0.6 is 0 Å². The molecule has 0 aliphatic heterocycles. The second kappa shape index (κ2) is 7.07. The normalized spacial score (nSPS) is 21.8. The van der Waals surface area contributed by atoms with Crippen LogP contribution in [0, 0.1) is 0 Å². The molecule has 0 amide bonds. The van der Waals surface area contributed by atoms with Crippen molar-refractivity contribution in [1.82, 2.24) is 0 Å². The highest BCUT2D eigenvalue weighted by molar-refractivity contribution is 4.83. The molecule has 0 bridgehead atoms. The van der Waals surface area contributed by atoms with Gasteiger partial charge in [-0.3, -0.25) is 0 Å². The van der Waals surface area contributed by atoms with Gasteiger partial charge < -0.3 is 35.4 Å². The van der Waals surface area contributed by atoms with Gasteiger partial charge in [0.05, 0.1) is 12.7 Å². The summed E-state index contributed by atoms with van der Waals surface area (Å²) in [5.41, 5.74) is 0. The minimum absolute atomic E-state index is 0.634. The van der Waals surface area contributed by atoms with Gasteiger partial charge in [-0.2, -0.15) is 0 Å². The van der Waals surface area contributed by atoms with Crippen molar-refractivity contribution in [2.75, 3.05) is 13.4 Å². The van der Waals surface area contributed by atoms with Crippen LogP contribution in [0.1, 0.15) is 6.92 Å². The summed E-state index contributed by atoms with van der Waals surface area (Å²) in [7, 11) is 0. The first kappa shape index (κ1) is 14.7. The molecule has 0 heterocycles. The molecule has 6 N–H and O–H groups in total. The number of ether oxygens (including phenoxy) is 1. The SMILES string of the molecule is CC(O)C(O)C(O)C(O)C(CO)OCO. The van der Waals surface area contributed by atoms with Crippen LogP contribution in [-0.4, -0.2) is 74.6 Å². The monoisotopic (exact) mass is 226 g/mol. The van der Waals surface area contributed by atoms with E-state index in [2.05, 4.69) is 4.74 Å². The van der Waals surface area contributed by atoms with Crippen molar-refractivity contribution < 1.29 is 35.4 Å². The zero-order valence-corrected chi connectivity index (χ0v) is 8.39. The maximum atomic E-state index is 9.41. The van der Waals surface area contributed by atoms with E-state index < -0.39 is 43.9 Å². The Kier molecular flexibility index (Phi) is 6.94. The second-order valence-electron chi connectivity index (χ2n) is 3.23. The number of aliphatic hydroxyl groups excluding tert-OH is 6. The van der Waals surface area contributed by atoms with Crippen LogP contribution in [0.15, 0.2) is 0 Å². The van der Waals surface area contributed by atoms with Crippen LogP contribution in [-0.2, 0) is 4.74 Å². The lowest BCUT2D eigenvalue weighted by Gasteiger charge is -2.29. The first-order valence-corrected chi connectivity index (χ1v) is 4.51. The predicted molar refractivity (Wildman–Crippen MR) is 48.7 cm³/mol. The molecule has 0 spiro atoms. The van der Waals surface area contributed by atoms with Gasteiger partial charge >= 0.3 is 0 Å². The largest absolute Gasteiger partial charge is 0.394 e. The van der Waals surface area contributed by atoms with E-state index in [-0.39, 0.29) is 0 Å². The lowest BCUT2D eigenvalue weighted by atomic mass is 10.0. The van der Waals surface area contributed by atoms with Crippen molar-refractivity contribution in [2.24, 2.45) is 0 Å². The Balaban J connectivity index is 4.32. The fraction of sp³-hybridized carbons (Fsp3) is 1.00. The van der Waals surface area contributed by atoms with E-state index in [1.54, 1.807) is 0 Å². The Bertz CT molecular complexity index is 163. The number of hydrogen-bond acceptors (Lipinski definition) is 7. The third-order valence-corrected chi connectivity index (χ3v) is 2.04. The third kappa shape index (κ3) is 4.39. The standard InChI is InChI=1S/C8H18O7/c1-4(11)6(12)8(14)7(13)5(2-9)15-3-10/h4-14H,2-3H2,1H3. The average Bonchev–Trinajstić information content (AvgIpc) is 2.22. The van der Waals surface area contributed by atoms with Crippen LogP contribution in [0.4, 0.5) is 0 Å². The summed E-state index contributed by atoms with van der Waals surface area (Å²) in [4.78, 5) is 0. The summed E-state index contributed by atoms with van der Waals surface area (Å²) < 4.78 is 4.51. The summed E-state index contributed by atoms with van der Waals surface area (Å²) in [6, 6.07) is 0.